The van der Waals surface area contributed by atoms with Gasteiger partial charge in [-0.1, -0.05) is 48.0 Å². The van der Waals surface area contributed by atoms with Crippen molar-refractivity contribution in [1.29, 1.82) is 0 Å². The highest BCUT2D eigenvalue weighted by atomic mass is 35.5. The fraction of sp³-hybridized carbons (Fsp3) is 0.0833. The van der Waals surface area contributed by atoms with E-state index in [1.807, 2.05) is 0 Å². The predicted molar refractivity (Wildman–Crippen MR) is 123 cm³/mol. The van der Waals surface area contributed by atoms with Crippen molar-refractivity contribution in [3.05, 3.63) is 107 Å². The lowest BCUT2D eigenvalue weighted by Crippen LogP contribution is -2.53. The minimum Gasteiger partial charge on any atom is -0.268 e. The second-order valence-electron chi connectivity index (χ2n) is 7.44. The summed E-state index contributed by atoms with van der Waals surface area (Å²) in [7, 11) is -4.38. The van der Waals surface area contributed by atoms with Gasteiger partial charge in [-0.05, 0) is 55.5 Å². The van der Waals surface area contributed by atoms with Gasteiger partial charge in [-0.15, -0.1) is 0 Å². The van der Waals surface area contributed by atoms with E-state index in [4.69, 9.17) is 11.6 Å². The highest BCUT2D eigenvalue weighted by molar-refractivity contribution is 7.92. The molecular weight excluding hydrogens is 467 g/mol. The Morgan fingerprint density at radius 3 is 1.94 bits per heavy atom. The Balaban J connectivity index is 1.93. The molecule has 1 unspecified atom stereocenters. The molecule has 168 valence electrons. The molecule has 9 heteroatoms. The Bertz CT molecular complexity index is 1340. The first-order chi connectivity index (χ1) is 15.6. The number of benzene rings is 3. The summed E-state index contributed by atoms with van der Waals surface area (Å²) in [5.41, 5.74) is 1.08. The van der Waals surface area contributed by atoms with E-state index >= 15 is 0 Å². The zero-order valence-electron chi connectivity index (χ0n) is 17.4. The Morgan fingerprint density at radius 1 is 0.939 bits per heavy atom. The van der Waals surface area contributed by atoms with Crippen LogP contribution < -0.4 is 4.31 Å². The number of hydrogen-bond acceptors (Lipinski definition) is 4. The summed E-state index contributed by atoms with van der Waals surface area (Å²) in [6.45, 7) is 5.46. The van der Waals surface area contributed by atoms with Crippen LogP contribution in [-0.2, 0) is 10.0 Å². The zero-order valence-corrected chi connectivity index (χ0v) is 19.0. The minimum atomic E-state index is -4.38. The minimum absolute atomic E-state index is 0.000307. The van der Waals surface area contributed by atoms with Gasteiger partial charge < -0.3 is 0 Å². The van der Waals surface area contributed by atoms with Crippen LogP contribution in [0.15, 0.2) is 89.3 Å². The number of amides is 2. The maximum atomic E-state index is 13.8. The predicted octanol–water partition coefficient (Wildman–Crippen LogP) is 4.70. The molecule has 0 bridgehead atoms. The molecule has 0 fully saturated rings. The number of hydrogen-bond donors (Lipinski definition) is 0. The van der Waals surface area contributed by atoms with Crippen molar-refractivity contribution in [1.82, 2.24) is 4.90 Å². The van der Waals surface area contributed by atoms with Crippen molar-refractivity contribution in [2.24, 2.45) is 0 Å². The number of carbonyl (C=O) groups is 2. The van der Waals surface area contributed by atoms with E-state index < -0.39 is 33.8 Å². The number of anilines is 1. The van der Waals surface area contributed by atoms with Gasteiger partial charge in [-0.25, -0.2) is 22.0 Å². The number of carbonyl (C=O) groups excluding carboxylic acids is 2. The van der Waals surface area contributed by atoms with Gasteiger partial charge in [0.2, 0.25) is 0 Å². The molecule has 0 saturated heterocycles. The van der Waals surface area contributed by atoms with Crippen LogP contribution in [0.5, 0.6) is 0 Å². The lowest BCUT2D eigenvalue weighted by atomic mass is 10.1. The maximum Gasteiger partial charge on any atom is 0.266 e. The van der Waals surface area contributed by atoms with Gasteiger partial charge in [0, 0.05) is 0 Å². The molecule has 0 N–H and O–H groups in total. The van der Waals surface area contributed by atoms with Crippen LogP contribution >= 0.6 is 11.6 Å². The molecule has 1 aliphatic heterocycles. The van der Waals surface area contributed by atoms with E-state index in [0.717, 1.165) is 26.9 Å². The van der Waals surface area contributed by atoms with Crippen molar-refractivity contribution in [2.45, 2.75) is 18.0 Å². The van der Waals surface area contributed by atoms with E-state index in [1.165, 1.54) is 36.4 Å². The summed E-state index contributed by atoms with van der Waals surface area (Å²) in [6.07, 6.45) is -1.60. The standard InChI is InChI=1S/C24H18ClFN2O4S/c1-15-7-13-19(14-8-15)33(31,32)28(18-11-9-17(26)10-12-18)22(16(2)25)27-23(29)20-5-3-4-6-21(20)24(27)30/h3-14,22H,2H2,1H3. The smallest absolute Gasteiger partial charge is 0.266 e. The third-order valence-electron chi connectivity index (χ3n) is 5.23. The molecule has 0 saturated carbocycles. The Hall–Kier alpha value is -3.49. The Kier molecular flexibility index (Phi) is 5.82. The van der Waals surface area contributed by atoms with Crippen LogP contribution in [0.4, 0.5) is 10.1 Å². The van der Waals surface area contributed by atoms with Crippen LogP contribution in [0.3, 0.4) is 0 Å². The molecular formula is C24H18ClFN2O4S. The molecule has 2 amide bonds. The fourth-order valence-corrected chi connectivity index (χ4v) is 5.47. The van der Waals surface area contributed by atoms with E-state index in [0.29, 0.717) is 0 Å². The van der Waals surface area contributed by atoms with Gasteiger partial charge in [-0.3, -0.25) is 9.59 Å². The summed E-state index contributed by atoms with van der Waals surface area (Å²) in [4.78, 5) is 27.0. The lowest BCUT2D eigenvalue weighted by molar-refractivity contribution is 0.0619. The molecule has 0 radical (unpaired) electrons. The lowest BCUT2D eigenvalue weighted by Gasteiger charge is -2.36. The first-order valence-electron chi connectivity index (χ1n) is 9.81. The third kappa shape index (κ3) is 3.92. The zero-order chi connectivity index (χ0) is 23.9. The molecule has 1 aliphatic rings. The number of halogens is 2. The molecule has 0 aliphatic carbocycles. The van der Waals surface area contributed by atoms with E-state index in [2.05, 4.69) is 6.58 Å². The van der Waals surface area contributed by atoms with Gasteiger partial charge in [0.25, 0.3) is 21.8 Å². The first kappa shape index (κ1) is 22.7. The van der Waals surface area contributed by atoms with Crippen LogP contribution in [-0.4, -0.2) is 31.3 Å². The van der Waals surface area contributed by atoms with Crippen molar-refractivity contribution < 1.29 is 22.4 Å². The van der Waals surface area contributed by atoms with Gasteiger partial charge in [0.05, 0.1) is 26.7 Å². The Labute approximate surface area is 195 Å². The van der Waals surface area contributed by atoms with Crippen LogP contribution in [0.1, 0.15) is 26.3 Å². The highest BCUT2D eigenvalue weighted by Gasteiger charge is 2.46. The molecule has 1 atom stereocenters. The van der Waals surface area contributed by atoms with Crippen LogP contribution in [0.2, 0.25) is 0 Å². The number of nitrogens with zero attached hydrogens (tertiary/aromatic N) is 2. The molecule has 0 aromatic heterocycles. The molecule has 6 nitrogen and oxygen atoms in total. The summed E-state index contributed by atoms with van der Waals surface area (Å²) in [6, 6.07) is 16.8. The SMILES string of the molecule is C=C(Cl)C(N1C(=O)c2ccccc2C1=O)N(c1ccc(F)cc1)S(=O)(=O)c1ccc(C)cc1. The van der Waals surface area contributed by atoms with Gasteiger partial charge in [0.1, 0.15) is 5.82 Å². The summed E-state index contributed by atoms with van der Waals surface area (Å²) >= 11 is 6.27. The second-order valence-corrected chi connectivity index (χ2v) is 9.74. The summed E-state index contributed by atoms with van der Waals surface area (Å²) in [5, 5.41) is -0.287. The van der Waals surface area contributed by atoms with E-state index in [9.17, 15) is 22.4 Å². The molecule has 0 spiro atoms. The Morgan fingerprint density at radius 2 is 1.45 bits per heavy atom. The topological polar surface area (TPSA) is 74.8 Å². The van der Waals surface area contributed by atoms with Crippen molar-refractivity contribution in [2.75, 3.05) is 4.31 Å². The quantitative estimate of drug-likeness (QED) is 0.475. The third-order valence-corrected chi connectivity index (χ3v) is 7.22. The number of rotatable bonds is 6. The molecule has 3 aromatic carbocycles. The normalized spacial score (nSPS) is 14.2. The number of imide groups is 1. The summed E-state index contributed by atoms with van der Waals surface area (Å²) in [5.74, 6) is -2.02. The van der Waals surface area contributed by atoms with Crippen LogP contribution in [0, 0.1) is 12.7 Å². The van der Waals surface area contributed by atoms with Gasteiger partial charge in [0.15, 0.2) is 6.17 Å². The van der Waals surface area contributed by atoms with Crippen molar-refractivity contribution >= 4 is 39.1 Å². The second kappa shape index (κ2) is 8.46. The monoisotopic (exact) mass is 484 g/mol. The largest absolute Gasteiger partial charge is 0.268 e. The molecule has 33 heavy (non-hydrogen) atoms. The molecule has 1 heterocycles. The number of fused-ring (bicyclic) bond motifs is 1. The number of sulfonamides is 1. The van der Waals surface area contributed by atoms with Crippen LogP contribution in [0.25, 0.3) is 0 Å². The molecule has 3 aromatic rings. The number of aryl methyl sites for hydroxylation is 1. The van der Waals surface area contributed by atoms with E-state index in [1.54, 1.807) is 31.2 Å². The summed E-state index contributed by atoms with van der Waals surface area (Å²) < 4.78 is 42.1. The van der Waals surface area contributed by atoms with Crippen molar-refractivity contribution in [3.63, 3.8) is 0 Å². The molecule has 4 rings (SSSR count). The average molecular weight is 485 g/mol. The van der Waals surface area contributed by atoms with Gasteiger partial charge in [-0.2, -0.15) is 0 Å². The maximum absolute atomic E-state index is 13.8. The average Bonchev–Trinajstić information content (AvgIpc) is 3.03. The fourth-order valence-electron chi connectivity index (χ4n) is 3.63. The first-order valence-corrected chi connectivity index (χ1v) is 11.6. The highest BCUT2D eigenvalue weighted by Crippen LogP contribution is 2.35. The van der Waals surface area contributed by atoms with Gasteiger partial charge >= 0.3 is 0 Å². The van der Waals surface area contributed by atoms with E-state index in [-0.39, 0.29) is 26.7 Å². The van der Waals surface area contributed by atoms with Crippen molar-refractivity contribution in [3.8, 4) is 0 Å².